The molecule has 0 amide bonds. The van der Waals surface area contributed by atoms with Gasteiger partial charge in [0, 0.05) is 12.5 Å². The number of likely N-dealkylation sites (tertiary alicyclic amines) is 1. The van der Waals surface area contributed by atoms with Gasteiger partial charge in [-0.15, -0.1) is 0 Å². The molecular formula is C13H25N3. The van der Waals surface area contributed by atoms with E-state index in [2.05, 4.69) is 16.3 Å². The highest BCUT2D eigenvalue weighted by Gasteiger charge is 2.20. The number of unbranched alkanes of at least 4 members (excludes halogenated alkanes) is 2. The van der Waals surface area contributed by atoms with Crippen LogP contribution in [0.5, 0.6) is 0 Å². The average Bonchev–Trinajstić information content (AvgIpc) is 2.33. The normalized spacial score (nSPS) is 21.9. The Kier molecular flexibility index (Phi) is 7.20. The number of nitrogens with one attached hydrogen (secondary N) is 1. The molecule has 0 aromatic rings. The summed E-state index contributed by atoms with van der Waals surface area (Å²) in [5.74, 6) is 0. The van der Waals surface area contributed by atoms with Gasteiger partial charge >= 0.3 is 0 Å². The third-order valence-corrected chi connectivity index (χ3v) is 3.46. The smallest absolute Gasteiger partial charge is 0.0621 e. The van der Waals surface area contributed by atoms with Gasteiger partial charge in [0.1, 0.15) is 0 Å². The Labute approximate surface area is 99.8 Å². The zero-order valence-electron chi connectivity index (χ0n) is 10.5. The first kappa shape index (κ1) is 13.5. The third-order valence-electron chi connectivity index (χ3n) is 3.46. The molecule has 1 N–H and O–H groups in total. The molecule has 92 valence electrons. The molecule has 0 aromatic heterocycles. The van der Waals surface area contributed by atoms with E-state index in [0.29, 0.717) is 0 Å². The van der Waals surface area contributed by atoms with E-state index in [4.69, 9.17) is 5.26 Å². The van der Waals surface area contributed by atoms with Crippen LogP contribution in [0.1, 0.15) is 44.9 Å². The average molecular weight is 223 g/mol. The maximum atomic E-state index is 8.50. The van der Waals surface area contributed by atoms with E-state index in [-0.39, 0.29) is 0 Å². The summed E-state index contributed by atoms with van der Waals surface area (Å²) in [6.45, 7) is 3.58. The van der Waals surface area contributed by atoms with Gasteiger partial charge in [-0.2, -0.15) is 5.26 Å². The van der Waals surface area contributed by atoms with Crippen molar-refractivity contribution in [3.63, 3.8) is 0 Å². The predicted molar refractivity (Wildman–Crippen MR) is 67.2 cm³/mol. The lowest BCUT2D eigenvalue weighted by Crippen LogP contribution is -2.41. The van der Waals surface area contributed by atoms with Gasteiger partial charge in [0.15, 0.2) is 0 Å². The summed E-state index contributed by atoms with van der Waals surface area (Å²) >= 11 is 0. The molecule has 3 nitrogen and oxygen atoms in total. The van der Waals surface area contributed by atoms with Crippen molar-refractivity contribution in [1.29, 1.82) is 5.26 Å². The molecule has 0 bridgehead atoms. The van der Waals surface area contributed by atoms with E-state index in [0.717, 1.165) is 25.4 Å². The second-order valence-electron chi connectivity index (χ2n) is 4.69. The topological polar surface area (TPSA) is 39.1 Å². The van der Waals surface area contributed by atoms with Crippen LogP contribution >= 0.6 is 0 Å². The Balaban J connectivity index is 2.21. The summed E-state index contributed by atoms with van der Waals surface area (Å²) in [6, 6.07) is 3.00. The first-order valence-corrected chi connectivity index (χ1v) is 6.64. The number of piperidine rings is 1. The van der Waals surface area contributed by atoms with Gasteiger partial charge in [-0.3, -0.25) is 0 Å². The van der Waals surface area contributed by atoms with Crippen molar-refractivity contribution in [3.05, 3.63) is 0 Å². The number of hydrogen-bond acceptors (Lipinski definition) is 3. The van der Waals surface area contributed by atoms with E-state index in [1.807, 2.05) is 7.05 Å². The molecule has 0 aliphatic carbocycles. The summed E-state index contributed by atoms with van der Waals surface area (Å²) < 4.78 is 0. The highest BCUT2D eigenvalue weighted by Crippen LogP contribution is 2.19. The summed E-state index contributed by atoms with van der Waals surface area (Å²) in [5, 5.41) is 11.7. The Bertz CT molecular complexity index is 210. The van der Waals surface area contributed by atoms with Crippen LogP contribution in [0.15, 0.2) is 0 Å². The highest BCUT2D eigenvalue weighted by atomic mass is 15.2. The minimum atomic E-state index is 0.717. The molecule has 3 heteroatoms. The lowest BCUT2D eigenvalue weighted by Gasteiger charge is -2.35. The molecule has 0 radical (unpaired) electrons. The number of hydrogen-bond donors (Lipinski definition) is 1. The van der Waals surface area contributed by atoms with Gasteiger partial charge in [0.05, 0.1) is 6.07 Å². The van der Waals surface area contributed by atoms with Crippen LogP contribution in [0.2, 0.25) is 0 Å². The molecule has 1 aliphatic rings. The van der Waals surface area contributed by atoms with Crippen molar-refractivity contribution in [1.82, 2.24) is 10.2 Å². The molecule has 1 fully saturated rings. The molecule has 1 atom stereocenters. The first-order valence-electron chi connectivity index (χ1n) is 6.64. The van der Waals surface area contributed by atoms with Gasteiger partial charge in [-0.1, -0.05) is 6.42 Å². The van der Waals surface area contributed by atoms with E-state index < -0.39 is 0 Å². The molecule has 0 saturated carbocycles. The van der Waals surface area contributed by atoms with Gasteiger partial charge in [-0.05, 0) is 58.8 Å². The lowest BCUT2D eigenvalue weighted by molar-refractivity contribution is 0.138. The summed E-state index contributed by atoms with van der Waals surface area (Å²) in [5.41, 5.74) is 0. The van der Waals surface area contributed by atoms with Crippen LogP contribution < -0.4 is 5.32 Å². The zero-order valence-corrected chi connectivity index (χ0v) is 10.5. The van der Waals surface area contributed by atoms with Gasteiger partial charge in [-0.25, -0.2) is 0 Å². The fourth-order valence-electron chi connectivity index (χ4n) is 2.51. The van der Waals surface area contributed by atoms with Crippen LogP contribution in [0, 0.1) is 11.3 Å². The third kappa shape index (κ3) is 4.96. The van der Waals surface area contributed by atoms with Gasteiger partial charge in [0.25, 0.3) is 0 Å². The van der Waals surface area contributed by atoms with Gasteiger partial charge < -0.3 is 10.2 Å². The molecule has 1 rings (SSSR count). The van der Waals surface area contributed by atoms with Crippen LogP contribution in [-0.4, -0.2) is 37.6 Å². The Hall–Kier alpha value is -0.590. The van der Waals surface area contributed by atoms with E-state index in [9.17, 15) is 0 Å². The molecule has 0 spiro atoms. The predicted octanol–water partition coefficient (Wildman–Crippen LogP) is 2.14. The highest BCUT2D eigenvalue weighted by molar-refractivity contribution is 4.78. The molecule has 1 heterocycles. The maximum Gasteiger partial charge on any atom is 0.0621 e. The SMILES string of the molecule is CNCCC1CCCCN1CCCCC#N. The number of nitriles is 1. The van der Waals surface area contributed by atoms with Crippen LogP contribution in [-0.2, 0) is 0 Å². The van der Waals surface area contributed by atoms with Crippen LogP contribution in [0.25, 0.3) is 0 Å². The fourth-order valence-corrected chi connectivity index (χ4v) is 2.51. The molecule has 0 aromatic carbocycles. The Morgan fingerprint density at radius 1 is 1.38 bits per heavy atom. The molecule has 1 unspecified atom stereocenters. The van der Waals surface area contributed by atoms with Crippen molar-refractivity contribution < 1.29 is 0 Å². The number of nitrogens with zero attached hydrogens (tertiary/aromatic N) is 2. The van der Waals surface area contributed by atoms with Crippen LogP contribution in [0.3, 0.4) is 0 Å². The second kappa shape index (κ2) is 8.55. The molecule has 1 saturated heterocycles. The Morgan fingerprint density at radius 3 is 3.00 bits per heavy atom. The summed E-state index contributed by atoms with van der Waals surface area (Å²) in [6.07, 6.45) is 8.34. The fraction of sp³-hybridized carbons (Fsp3) is 0.923. The van der Waals surface area contributed by atoms with Crippen molar-refractivity contribution in [2.24, 2.45) is 0 Å². The zero-order chi connectivity index (χ0) is 11.6. The largest absolute Gasteiger partial charge is 0.320 e. The molecule has 1 aliphatic heterocycles. The van der Waals surface area contributed by atoms with E-state index >= 15 is 0 Å². The maximum absolute atomic E-state index is 8.50. The Morgan fingerprint density at radius 2 is 2.25 bits per heavy atom. The minimum Gasteiger partial charge on any atom is -0.320 e. The second-order valence-corrected chi connectivity index (χ2v) is 4.69. The minimum absolute atomic E-state index is 0.717. The monoisotopic (exact) mass is 223 g/mol. The molecular weight excluding hydrogens is 198 g/mol. The quantitative estimate of drug-likeness (QED) is 0.672. The van der Waals surface area contributed by atoms with Crippen molar-refractivity contribution >= 4 is 0 Å². The first-order chi connectivity index (χ1) is 7.88. The van der Waals surface area contributed by atoms with Crippen molar-refractivity contribution in [2.45, 2.75) is 51.0 Å². The summed E-state index contributed by atoms with van der Waals surface area (Å²) in [7, 11) is 2.03. The van der Waals surface area contributed by atoms with Crippen LogP contribution in [0.4, 0.5) is 0 Å². The van der Waals surface area contributed by atoms with Crippen molar-refractivity contribution in [2.75, 3.05) is 26.7 Å². The van der Waals surface area contributed by atoms with E-state index in [1.54, 1.807) is 0 Å². The van der Waals surface area contributed by atoms with E-state index in [1.165, 1.54) is 45.2 Å². The molecule has 16 heavy (non-hydrogen) atoms. The summed E-state index contributed by atoms with van der Waals surface area (Å²) in [4.78, 5) is 2.64. The number of rotatable bonds is 7. The lowest BCUT2D eigenvalue weighted by atomic mass is 9.99. The van der Waals surface area contributed by atoms with Gasteiger partial charge in [0.2, 0.25) is 0 Å². The van der Waals surface area contributed by atoms with Crippen molar-refractivity contribution in [3.8, 4) is 6.07 Å². The standard InChI is InChI=1S/C13H25N3/c1-15-10-8-13-7-3-6-12-16(13)11-5-2-4-9-14/h13,15H,2-8,10-12H2,1H3.